The maximum absolute atomic E-state index is 6.00. The summed E-state index contributed by atoms with van der Waals surface area (Å²) in [6.45, 7) is 12.3. The normalized spacial score (nSPS) is 12.9. The van der Waals surface area contributed by atoms with Gasteiger partial charge in [0.05, 0.1) is 6.61 Å². The van der Waals surface area contributed by atoms with Gasteiger partial charge in [-0.1, -0.05) is 39.8 Å². The zero-order chi connectivity index (χ0) is 15.0. The standard InChI is InChI=1S/C17H30N2O/c1-5-11-20-16-9-7-15(8-10-16)17(12-18)19(6-2)13-14(3)4/h7-10,14,17H,5-6,11-13,18H2,1-4H3. The first-order valence-electron chi connectivity index (χ1n) is 7.79. The molecule has 0 heterocycles. The van der Waals surface area contributed by atoms with Crippen LogP contribution in [0.3, 0.4) is 0 Å². The third-order valence-corrected chi connectivity index (χ3v) is 3.41. The van der Waals surface area contributed by atoms with Crippen molar-refractivity contribution in [3.8, 4) is 5.75 Å². The molecule has 0 aromatic heterocycles. The molecule has 0 aliphatic rings. The van der Waals surface area contributed by atoms with E-state index in [1.165, 1.54) is 5.56 Å². The Morgan fingerprint density at radius 1 is 1.15 bits per heavy atom. The highest BCUT2D eigenvalue weighted by Gasteiger charge is 2.18. The van der Waals surface area contributed by atoms with Crippen LogP contribution in [0.15, 0.2) is 24.3 Å². The lowest BCUT2D eigenvalue weighted by molar-refractivity contribution is 0.189. The number of ether oxygens (including phenoxy) is 1. The minimum atomic E-state index is 0.294. The molecule has 20 heavy (non-hydrogen) atoms. The SMILES string of the molecule is CCCOc1ccc(C(CN)N(CC)CC(C)C)cc1. The molecule has 0 bridgehead atoms. The Morgan fingerprint density at radius 3 is 2.25 bits per heavy atom. The largest absolute Gasteiger partial charge is 0.494 e. The molecule has 114 valence electrons. The fraction of sp³-hybridized carbons (Fsp3) is 0.647. The maximum atomic E-state index is 6.00. The van der Waals surface area contributed by atoms with Crippen LogP contribution in [0.5, 0.6) is 5.75 Å². The molecule has 1 rings (SSSR count). The predicted octanol–water partition coefficient (Wildman–Crippen LogP) is 3.45. The summed E-state index contributed by atoms with van der Waals surface area (Å²) >= 11 is 0. The topological polar surface area (TPSA) is 38.5 Å². The van der Waals surface area contributed by atoms with Crippen molar-refractivity contribution in [1.82, 2.24) is 4.90 Å². The number of benzene rings is 1. The van der Waals surface area contributed by atoms with Crippen molar-refractivity contribution >= 4 is 0 Å². The highest BCUT2D eigenvalue weighted by atomic mass is 16.5. The quantitative estimate of drug-likeness (QED) is 0.752. The fourth-order valence-corrected chi connectivity index (χ4v) is 2.45. The van der Waals surface area contributed by atoms with E-state index in [-0.39, 0.29) is 0 Å². The molecule has 0 fully saturated rings. The maximum Gasteiger partial charge on any atom is 0.119 e. The van der Waals surface area contributed by atoms with Crippen molar-refractivity contribution in [1.29, 1.82) is 0 Å². The summed E-state index contributed by atoms with van der Waals surface area (Å²) in [4.78, 5) is 2.45. The molecule has 3 heteroatoms. The van der Waals surface area contributed by atoms with E-state index < -0.39 is 0 Å². The number of rotatable bonds is 9. The van der Waals surface area contributed by atoms with Crippen LogP contribution in [0.1, 0.15) is 45.7 Å². The van der Waals surface area contributed by atoms with Gasteiger partial charge in [0.15, 0.2) is 0 Å². The molecule has 1 atom stereocenters. The van der Waals surface area contributed by atoms with E-state index in [0.717, 1.165) is 31.9 Å². The molecular weight excluding hydrogens is 248 g/mol. The van der Waals surface area contributed by atoms with Crippen LogP contribution in [0.4, 0.5) is 0 Å². The van der Waals surface area contributed by atoms with Gasteiger partial charge in [-0.25, -0.2) is 0 Å². The summed E-state index contributed by atoms with van der Waals surface area (Å²) in [5, 5.41) is 0. The van der Waals surface area contributed by atoms with Crippen LogP contribution in [-0.2, 0) is 0 Å². The van der Waals surface area contributed by atoms with Gasteiger partial charge in [-0.3, -0.25) is 4.90 Å². The molecule has 0 saturated carbocycles. The first kappa shape index (κ1) is 17.0. The first-order chi connectivity index (χ1) is 9.62. The molecular formula is C17H30N2O. The Morgan fingerprint density at radius 2 is 1.80 bits per heavy atom. The highest BCUT2D eigenvalue weighted by Crippen LogP contribution is 2.23. The molecule has 1 aromatic carbocycles. The summed E-state index contributed by atoms with van der Waals surface area (Å²) < 4.78 is 5.63. The third kappa shape index (κ3) is 5.14. The number of nitrogens with two attached hydrogens (primary N) is 1. The Hall–Kier alpha value is -1.06. The Bertz CT molecular complexity index is 362. The summed E-state index contributed by atoms with van der Waals surface area (Å²) in [5.74, 6) is 1.59. The molecule has 0 amide bonds. The number of nitrogens with zero attached hydrogens (tertiary/aromatic N) is 1. The zero-order valence-electron chi connectivity index (χ0n) is 13.4. The minimum absolute atomic E-state index is 0.294. The van der Waals surface area contributed by atoms with Gasteiger partial charge in [0.2, 0.25) is 0 Å². The van der Waals surface area contributed by atoms with E-state index >= 15 is 0 Å². The second-order valence-corrected chi connectivity index (χ2v) is 5.65. The average molecular weight is 278 g/mol. The Balaban J connectivity index is 2.77. The number of hydrogen-bond donors (Lipinski definition) is 1. The van der Waals surface area contributed by atoms with Crippen LogP contribution < -0.4 is 10.5 Å². The van der Waals surface area contributed by atoms with Crippen molar-refractivity contribution in [2.75, 3.05) is 26.2 Å². The van der Waals surface area contributed by atoms with Crippen LogP contribution in [0, 0.1) is 5.92 Å². The van der Waals surface area contributed by atoms with Gasteiger partial charge in [0.25, 0.3) is 0 Å². The van der Waals surface area contributed by atoms with Crippen LogP contribution >= 0.6 is 0 Å². The van der Waals surface area contributed by atoms with Gasteiger partial charge >= 0.3 is 0 Å². The highest BCUT2D eigenvalue weighted by molar-refractivity contribution is 5.29. The van der Waals surface area contributed by atoms with Gasteiger partial charge in [0, 0.05) is 19.1 Å². The van der Waals surface area contributed by atoms with E-state index in [0.29, 0.717) is 18.5 Å². The zero-order valence-corrected chi connectivity index (χ0v) is 13.4. The summed E-state index contributed by atoms with van der Waals surface area (Å²) in [6.07, 6.45) is 1.03. The summed E-state index contributed by atoms with van der Waals surface area (Å²) in [5.41, 5.74) is 7.28. The van der Waals surface area contributed by atoms with E-state index in [1.54, 1.807) is 0 Å². The minimum Gasteiger partial charge on any atom is -0.494 e. The van der Waals surface area contributed by atoms with Gasteiger partial charge in [-0.05, 0) is 36.6 Å². The van der Waals surface area contributed by atoms with E-state index in [2.05, 4.69) is 56.9 Å². The van der Waals surface area contributed by atoms with E-state index in [4.69, 9.17) is 10.5 Å². The van der Waals surface area contributed by atoms with Crippen molar-refractivity contribution in [3.05, 3.63) is 29.8 Å². The molecule has 0 radical (unpaired) electrons. The third-order valence-electron chi connectivity index (χ3n) is 3.41. The van der Waals surface area contributed by atoms with Crippen LogP contribution in [-0.4, -0.2) is 31.1 Å². The molecule has 0 aliphatic carbocycles. The molecule has 3 nitrogen and oxygen atoms in total. The van der Waals surface area contributed by atoms with E-state index in [9.17, 15) is 0 Å². The Labute approximate surface area is 124 Å². The van der Waals surface area contributed by atoms with Crippen molar-refractivity contribution in [2.45, 2.75) is 40.2 Å². The van der Waals surface area contributed by atoms with Crippen molar-refractivity contribution in [2.24, 2.45) is 11.7 Å². The lowest BCUT2D eigenvalue weighted by Gasteiger charge is -2.31. The van der Waals surface area contributed by atoms with Crippen molar-refractivity contribution < 1.29 is 4.74 Å². The second-order valence-electron chi connectivity index (χ2n) is 5.65. The lowest BCUT2D eigenvalue weighted by Crippen LogP contribution is -2.36. The van der Waals surface area contributed by atoms with E-state index in [1.807, 2.05) is 0 Å². The second kappa shape index (κ2) is 8.98. The fourth-order valence-electron chi connectivity index (χ4n) is 2.45. The van der Waals surface area contributed by atoms with Gasteiger partial charge in [0.1, 0.15) is 5.75 Å². The van der Waals surface area contributed by atoms with Crippen LogP contribution in [0.2, 0.25) is 0 Å². The monoisotopic (exact) mass is 278 g/mol. The number of hydrogen-bond acceptors (Lipinski definition) is 3. The summed E-state index contributed by atoms with van der Waals surface area (Å²) in [7, 11) is 0. The first-order valence-corrected chi connectivity index (χ1v) is 7.79. The smallest absolute Gasteiger partial charge is 0.119 e. The molecule has 2 N–H and O–H groups in total. The molecule has 0 spiro atoms. The summed E-state index contributed by atoms with van der Waals surface area (Å²) in [6, 6.07) is 8.69. The predicted molar refractivity (Wildman–Crippen MR) is 86.1 cm³/mol. The molecule has 0 aliphatic heterocycles. The van der Waals surface area contributed by atoms with Gasteiger partial charge < -0.3 is 10.5 Å². The molecule has 1 aromatic rings. The lowest BCUT2D eigenvalue weighted by atomic mass is 10.0. The van der Waals surface area contributed by atoms with Crippen molar-refractivity contribution in [3.63, 3.8) is 0 Å². The average Bonchev–Trinajstić information content (AvgIpc) is 2.45. The Kier molecular flexibility index (Phi) is 7.63. The van der Waals surface area contributed by atoms with Gasteiger partial charge in [-0.2, -0.15) is 0 Å². The molecule has 0 saturated heterocycles. The van der Waals surface area contributed by atoms with Crippen LogP contribution in [0.25, 0.3) is 0 Å². The molecule has 1 unspecified atom stereocenters. The van der Waals surface area contributed by atoms with Gasteiger partial charge in [-0.15, -0.1) is 0 Å². The number of likely N-dealkylation sites (N-methyl/N-ethyl adjacent to an activating group) is 1.